The van der Waals surface area contributed by atoms with Crippen molar-refractivity contribution in [1.29, 1.82) is 0 Å². The topological polar surface area (TPSA) is 18.5 Å². The summed E-state index contributed by atoms with van der Waals surface area (Å²) in [5.74, 6) is 0. The van der Waals surface area contributed by atoms with E-state index in [-0.39, 0.29) is 24.7 Å². The summed E-state index contributed by atoms with van der Waals surface area (Å²) in [7, 11) is -0.432. The Morgan fingerprint density at radius 3 is 1.75 bits per heavy atom. The van der Waals surface area contributed by atoms with Crippen molar-refractivity contribution >= 4 is 12.6 Å². The van der Waals surface area contributed by atoms with Crippen molar-refractivity contribution in [2.45, 2.75) is 69.8 Å². The zero-order valence-corrected chi connectivity index (χ0v) is 14.5. The van der Waals surface area contributed by atoms with Gasteiger partial charge in [-0.1, -0.05) is 24.3 Å². The highest BCUT2D eigenvalue weighted by atomic mass is 19.4. The number of hydrogen-bond acceptors (Lipinski definition) is 2. The molecule has 0 N–H and O–H groups in total. The molecule has 3 aliphatic carbocycles. The molecule has 4 fully saturated rings. The van der Waals surface area contributed by atoms with E-state index >= 15 is 0 Å². The predicted octanol–water partition coefficient (Wildman–Crippen LogP) is 3.97. The van der Waals surface area contributed by atoms with Crippen molar-refractivity contribution in [3.8, 4) is 0 Å². The van der Waals surface area contributed by atoms with Crippen LogP contribution in [0.15, 0.2) is 24.3 Å². The Bertz CT molecular complexity index is 643. The maximum Gasteiger partial charge on any atom is 0.494 e. The first kappa shape index (κ1) is 16.5. The van der Waals surface area contributed by atoms with E-state index in [0.717, 1.165) is 11.0 Å². The van der Waals surface area contributed by atoms with Gasteiger partial charge in [0.25, 0.3) is 0 Å². The summed E-state index contributed by atoms with van der Waals surface area (Å²) < 4.78 is 51.0. The Labute approximate surface area is 140 Å². The van der Waals surface area contributed by atoms with E-state index in [4.69, 9.17) is 9.31 Å². The molecule has 0 atom stereocenters. The van der Waals surface area contributed by atoms with E-state index in [1.165, 1.54) is 0 Å². The van der Waals surface area contributed by atoms with Crippen molar-refractivity contribution in [3.63, 3.8) is 0 Å². The highest BCUT2D eigenvalue weighted by Crippen LogP contribution is 2.78. The maximum atomic E-state index is 13.0. The molecule has 0 amide bonds. The Morgan fingerprint density at radius 2 is 1.33 bits per heavy atom. The molecule has 1 aromatic carbocycles. The van der Waals surface area contributed by atoms with Gasteiger partial charge in [0.15, 0.2) is 0 Å². The lowest BCUT2D eigenvalue weighted by atomic mass is 9.33. The van der Waals surface area contributed by atoms with Gasteiger partial charge in [0, 0.05) is 0 Å². The van der Waals surface area contributed by atoms with Gasteiger partial charge in [-0.15, -0.1) is 0 Å². The smallest absolute Gasteiger partial charge is 0.399 e. The molecule has 1 heterocycles. The minimum atomic E-state index is -4.06. The van der Waals surface area contributed by atoms with Crippen LogP contribution in [0.4, 0.5) is 13.2 Å². The van der Waals surface area contributed by atoms with E-state index in [2.05, 4.69) is 0 Å². The van der Waals surface area contributed by atoms with Crippen LogP contribution < -0.4 is 5.46 Å². The summed E-state index contributed by atoms with van der Waals surface area (Å²) >= 11 is 0. The Morgan fingerprint density at radius 1 is 0.875 bits per heavy atom. The minimum Gasteiger partial charge on any atom is -0.399 e. The summed E-state index contributed by atoms with van der Waals surface area (Å²) in [4.78, 5) is 0. The molecule has 4 aliphatic rings. The van der Waals surface area contributed by atoms with Gasteiger partial charge in [0.2, 0.25) is 0 Å². The number of halogens is 3. The summed E-state index contributed by atoms with van der Waals surface area (Å²) in [5.41, 5.74) is -0.545. The molecule has 2 bridgehead atoms. The van der Waals surface area contributed by atoms with Crippen molar-refractivity contribution < 1.29 is 22.5 Å². The van der Waals surface area contributed by atoms with E-state index in [1.54, 1.807) is 0 Å². The van der Waals surface area contributed by atoms with Crippen LogP contribution in [0.3, 0.4) is 0 Å². The third-order valence-corrected chi connectivity index (χ3v) is 6.68. The molecule has 1 saturated heterocycles. The standard InChI is InChI=1S/C18H22BF3O2/c1-14(2)15(3,4)24-19(23-14)13-7-5-12(6-8-13)16-9-17(10-16,11-16)18(20,21)22/h5-8H,9-11H2,1-4H3. The molecule has 6 heteroatoms. The molecule has 0 unspecified atom stereocenters. The van der Waals surface area contributed by atoms with E-state index in [9.17, 15) is 13.2 Å². The third kappa shape index (κ3) is 1.99. The quantitative estimate of drug-likeness (QED) is 0.760. The van der Waals surface area contributed by atoms with Gasteiger partial charge in [0.05, 0.1) is 16.6 Å². The fourth-order valence-corrected chi connectivity index (χ4v) is 4.37. The Hall–Kier alpha value is -1.01. The predicted molar refractivity (Wildman–Crippen MR) is 86.2 cm³/mol. The Kier molecular flexibility index (Phi) is 3.01. The lowest BCUT2D eigenvalue weighted by Gasteiger charge is -2.71. The number of rotatable bonds is 2. The molecule has 1 aromatic rings. The first-order valence-electron chi connectivity index (χ1n) is 8.43. The Balaban J connectivity index is 1.49. The van der Waals surface area contributed by atoms with E-state index in [1.807, 2.05) is 52.0 Å². The zero-order chi connectivity index (χ0) is 17.6. The second kappa shape index (κ2) is 4.39. The van der Waals surface area contributed by atoms with Gasteiger partial charge < -0.3 is 9.31 Å². The number of hydrogen-bond donors (Lipinski definition) is 0. The normalized spacial score (nSPS) is 36.2. The van der Waals surface area contributed by atoms with Gasteiger partial charge in [-0.05, 0) is 63.4 Å². The zero-order valence-electron chi connectivity index (χ0n) is 14.5. The number of benzene rings is 1. The highest BCUT2D eigenvalue weighted by molar-refractivity contribution is 6.62. The lowest BCUT2D eigenvalue weighted by molar-refractivity contribution is -0.337. The molecule has 5 rings (SSSR count). The summed E-state index contributed by atoms with van der Waals surface area (Å²) in [5, 5.41) is 0. The summed E-state index contributed by atoms with van der Waals surface area (Å²) in [6, 6.07) is 7.75. The molecule has 3 saturated carbocycles. The van der Waals surface area contributed by atoms with Gasteiger partial charge in [0.1, 0.15) is 0 Å². The first-order chi connectivity index (χ1) is 10.9. The second-order valence-electron chi connectivity index (χ2n) is 8.80. The summed E-state index contributed by atoms with van der Waals surface area (Å²) in [6.07, 6.45) is -3.35. The molecule has 0 radical (unpaired) electrons. The van der Waals surface area contributed by atoms with Crippen LogP contribution >= 0.6 is 0 Å². The monoisotopic (exact) mass is 338 g/mol. The van der Waals surface area contributed by atoms with Gasteiger partial charge in [-0.2, -0.15) is 13.2 Å². The largest absolute Gasteiger partial charge is 0.494 e. The lowest BCUT2D eigenvalue weighted by Crippen LogP contribution is -2.70. The molecular formula is C18H22BF3O2. The van der Waals surface area contributed by atoms with Crippen LogP contribution in [0.1, 0.15) is 52.5 Å². The van der Waals surface area contributed by atoms with Crippen LogP contribution in [0.5, 0.6) is 0 Å². The molecule has 130 valence electrons. The van der Waals surface area contributed by atoms with Gasteiger partial charge in [-0.3, -0.25) is 0 Å². The van der Waals surface area contributed by atoms with Crippen LogP contribution in [0.2, 0.25) is 0 Å². The van der Waals surface area contributed by atoms with Crippen molar-refractivity contribution in [1.82, 2.24) is 0 Å². The van der Waals surface area contributed by atoms with Crippen LogP contribution in [0.25, 0.3) is 0 Å². The number of alkyl halides is 3. The molecule has 0 aromatic heterocycles. The summed E-state index contributed by atoms with van der Waals surface area (Å²) in [6.45, 7) is 8.00. The third-order valence-electron chi connectivity index (χ3n) is 6.68. The first-order valence-corrected chi connectivity index (χ1v) is 8.43. The van der Waals surface area contributed by atoms with Crippen molar-refractivity contribution in [3.05, 3.63) is 29.8 Å². The fraction of sp³-hybridized carbons (Fsp3) is 0.667. The SMILES string of the molecule is CC1(C)OB(c2ccc(C34CC(C(F)(F)F)(C3)C4)cc2)OC1(C)C. The molecule has 24 heavy (non-hydrogen) atoms. The van der Waals surface area contributed by atoms with Crippen LogP contribution in [-0.4, -0.2) is 24.5 Å². The minimum absolute atomic E-state index is 0.235. The molecule has 0 spiro atoms. The van der Waals surface area contributed by atoms with E-state index in [0.29, 0.717) is 0 Å². The van der Waals surface area contributed by atoms with Gasteiger partial charge >= 0.3 is 13.3 Å². The second-order valence-corrected chi connectivity index (χ2v) is 8.80. The van der Waals surface area contributed by atoms with E-state index < -0.39 is 29.9 Å². The average Bonchev–Trinajstić information content (AvgIpc) is 2.54. The maximum absolute atomic E-state index is 13.0. The fourth-order valence-electron chi connectivity index (χ4n) is 4.37. The van der Waals surface area contributed by atoms with Crippen molar-refractivity contribution in [2.24, 2.45) is 5.41 Å². The molecule has 2 nitrogen and oxygen atoms in total. The molecule has 1 aliphatic heterocycles. The van der Waals surface area contributed by atoms with Crippen molar-refractivity contribution in [2.75, 3.05) is 0 Å². The average molecular weight is 338 g/mol. The van der Waals surface area contributed by atoms with Crippen LogP contribution in [0, 0.1) is 5.41 Å². The highest BCUT2D eigenvalue weighted by Gasteiger charge is 2.78. The van der Waals surface area contributed by atoms with Gasteiger partial charge in [-0.25, -0.2) is 0 Å². The van der Waals surface area contributed by atoms with Crippen LogP contribution in [-0.2, 0) is 14.7 Å². The molecular weight excluding hydrogens is 316 g/mol.